The number of hydrogen-bond donors (Lipinski definition) is 0. The van der Waals surface area contributed by atoms with Crippen LogP contribution in [0.1, 0.15) is 49.9 Å². The predicted octanol–water partition coefficient (Wildman–Crippen LogP) is 8.62. The number of aryl methyl sites for hydroxylation is 1. The van der Waals surface area contributed by atoms with E-state index in [1.807, 2.05) is 91.9 Å². The third-order valence-corrected chi connectivity index (χ3v) is 11.1. The molecule has 1 saturated carbocycles. The van der Waals surface area contributed by atoms with Crippen LogP contribution in [0.15, 0.2) is 114 Å². The van der Waals surface area contributed by atoms with Gasteiger partial charge in [0, 0.05) is 10.6 Å². The Hall–Kier alpha value is -3.34. The summed E-state index contributed by atoms with van der Waals surface area (Å²) in [6.45, 7) is 11.0. The summed E-state index contributed by atoms with van der Waals surface area (Å²) < 4.78 is 31.5. The summed E-state index contributed by atoms with van der Waals surface area (Å²) in [5.74, 6) is 0. The number of sulfonamides is 1. The van der Waals surface area contributed by atoms with Gasteiger partial charge in [0.25, 0.3) is 10.0 Å². The fraction of sp³-hybridized carbons (Fsp3) is 0.235. The zero-order valence-electron chi connectivity index (χ0n) is 22.9. The molecular formula is C34H32ClNO2S. The topological polar surface area (TPSA) is 37.4 Å². The van der Waals surface area contributed by atoms with E-state index in [0.717, 1.165) is 27.8 Å². The molecule has 39 heavy (non-hydrogen) atoms. The van der Waals surface area contributed by atoms with Gasteiger partial charge in [0.1, 0.15) is 5.54 Å². The fourth-order valence-electron chi connectivity index (χ4n) is 6.50. The highest BCUT2D eigenvalue weighted by Crippen LogP contribution is 2.74. The highest BCUT2D eigenvalue weighted by atomic mass is 35.5. The molecule has 1 aliphatic carbocycles. The molecule has 0 radical (unpaired) electrons. The SMILES string of the molecule is Cc1ccc(S(=O)(=O)N2c3ccccc3C(=C3C(C)(C)C3(C)C)C2(c2ccccc2)c2ccc(Cl)cc2)cc1. The van der Waals surface area contributed by atoms with Gasteiger partial charge in [0.15, 0.2) is 0 Å². The number of anilines is 1. The van der Waals surface area contributed by atoms with Crippen molar-refractivity contribution in [3.05, 3.63) is 136 Å². The largest absolute Gasteiger partial charge is 0.265 e. The second kappa shape index (κ2) is 8.58. The molecule has 1 atom stereocenters. The van der Waals surface area contributed by atoms with Crippen LogP contribution in [0, 0.1) is 17.8 Å². The van der Waals surface area contributed by atoms with E-state index >= 15 is 0 Å². The van der Waals surface area contributed by atoms with Gasteiger partial charge in [-0.3, -0.25) is 0 Å². The van der Waals surface area contributed by atoms with Gasteiger partial charge in [-0.05, 0) is 64.8 Å². The molecule has 1 aliphatic heterocycles. The van der Waals surface area contributed by atoms with Gasteiger partial charge in [-0.1, -0.05) is 123 Å². The van der Waals surface area contributed by atoms with E-state index < -0.39 is 15.6 Å². The molecule has 0 saturated heterocycles. The molecule has 1 fully saturated rings. The van der Waals surface area contributed by atoms with Crippen molar-refractivity contribution in [2.45, 2.75) is 45.1 Å². The molecule has 4 aromatic rings. The Kier molecular flexibility index (Phi) is 5.70. The highest BCUT2D eigenvalue weighted by molar-refractivity contribution is 7.93. The first-order valence-electron chi connectivity index (χ1n) is 13.2. The van der Waals surface area contributed by atoms with Gasteiger partial charge in [-0.15, -0.1) is 0 Å². The lowest BCUT2D eigenvalue weighted by molar-refractivity contribution is 0.457. The second-order valence-corrected chi connectivity index (χ2v) is 13.9. The van der Waals surface area contributed by atoms with Crippen molar-refractivity contribution in [3.8, 4) is 0 Å². The van der Waals surface area contributed by atoms with E-state index in [9.17, 15) is 8.42 Å². The zero-order valence-corrected chi connectivity index (χ0v) is 24.4. The Labute approximate surface area is 236 Å². The molecule has 4 aromatic carbocycles. The lowest BCUT2D eigenvalue weighted by Crippen LogP contribution is -2.48. The monoisotopic (exact) mass is 553 g/mol. The van der Waals surface area contributed by atoms with E-state index in [1.165, 1.54) is 5.57 Å². The maximum Gasteiger partial charge on any atom is 0.265 e. The summed E-state index contributed by atoms with van der Waals surface area (Å²) in [4.78, 5) is 0.262. The standard InChI is InChI=1S/C34H32ClNO2S/c1-23-15-21-27(22-16-23)39(37,38)36-29-14-10-9-13-28(29)30(31-32(2,3)33(31,4)5)34(36,24-11-7-6-8-12-24)25-17-19-26(35)20-18-25/h6-22H,1-5H3. The summed E-state index contributed by atoms with van der Waals surface area (Å²) in [7, 11) is -4.03. The maximum atomic E-state index is 14.9. The summed E-state index contributed by atoms with van der Waals surface area (Å²) in [6.07, 6.45) is 0. The molecule has 1 unspecified atom stereocenters. The fourth-order valence-corrected chi connectivity index (χ4v) is 8.39. The molecule has 1 heterocycles. The van der Waals surface area contributed by atoms with E-state index in [0.29, 0.717) is 10.7 Å². The summed E-state index contributed by atoms with van der Waals surface area (Å²) in [5.41, 5.74) is 5.30. The Balaban J connectivity index is 1.83. The third-order valence-electron chi connectivity index (χ3n) is 9.07. The quantitative estimate of drug-likeness (QED) is 0.253. The number of hydrogen-bond acceptors (Lipinski definition) is 2. The molecule has 3 nitrogen and oxygen atoms in total. The van der Waals surface area contributed by atoms with Crippen LogP contribution < -0.4 is 4.31 Å². The summed E-state index contributed by atoms with van der Waals surface area (Å²) in [6, 6.07) is 32.7. The summed E-state index contributed by atoms with van der Waals surface area (Å²) in [5, 5.41) is 0.603. The van der Waals surface area contributed by atoms with Crippen LogP contribution >= 0.6 is 11.6 Å². The van der Waals surface area contributed by atoms with Crippen molar-refractivity contribution in [1.82, 2.24) is 0 Å². The summed E-state index contributed by atoms with van der Waals surface area (Å²) >= 11 is 6.39. The second-order valence-electron chi connectivity index (χ2n) is 11.7. The molecule has 0 N–H and O–H groups in total. The van der Waals surface area contributed by atoms with Crippen molar-refractivity contribution in [2.24, 2.45) is 10.8 Å². The number of halogens is 1. The van der Waals surface area contributed by atoms with Crippen molar-refractivity contribution in [2.75, 3.05) is 4.31 Å². The van der Waals surface area contributed by atoms with E-state index in [1.54, 1.807) is 16.4 Å². The minimum atomic E-state index is -4.03. The molecule has 5 heteroatoms. The molecule has 0 aromatic heterocycles. The van der Waals surface area contributed by atoms with E-state index in [-0.39, 0.29) is 15.7 Å². The minimum Gasteiger partial charge on any atom is -0.246 e. The first-order chi connectivity index (χ1) is 18.4. The normalized spacial score (nSPS) is 21.1. The number of para-hydroxylation sites is 1. The third kappa shape index (κ3) is 3.51. The van der Waals surface area contributed by atoms with Gasteiger partial charge in [0.2, 0.25) is 0 Å². The minimum absolute atomic E-state index is 0.120. The van der Waals surface area contributed by atoms with Crippen molar-refractivity contribution < 1.29 is 8.42 Å². The van der Waals surface area contributed by atoms with Gasteiger partial charge >= 0.3 is 0 Å². The zero-order chi connectivity index (χ0) is 27.8. The Morgan fingerprint density at radius 2 is 1.21 bits per heavy atom. The number of benzene rings is 4. The van der Waals surface area contributed by atoms with Crippen LogP contribution in [-0.2, 0) is 15.6 Å². The van der Waals surface area contributed by atoms with Crippen LogP contribution in [0.3, 0.4) is 0 Å². The molecule has 198 valence electrons. The molecule has 0 amide bonds. The average Bonchev–Trinajstić information content (AvgIpc) is 3.16. The molecule has 6 rings (SSSR count). The number of rotatable bonds is 4. The highest BCUT2D eigenvalue weighted by Gasteiger charge is 2.67. The molecule has 0 bridgehead atoms. The van der Waals surface area contributed by atoms with Crippen molar-refractivity contribution >= 4 is 32.9 Å². The van der Waals surface area contributed by atoms with Crippen molar-refractivity contribution in [1.29, 1.82) is 0 Å². The molecule has 2 aliphatic rings. The van der Waals surface area contributed by atoms with Crippen LogP contribution in [0.25, 0.3) is 5.57 Å². The van der Waals surface area contributed by atoms with Crippen LogP contribution in [0.5, 0.6) is 0 Å². The molecule has 0 spiro atoms. The van der Waals surface area contributed by atoms with Crippen LogP contribution in [0.2, 0.25) is 5.02 Å². The Morgan fingerprint density at radius 3 is 1.79 bits per heavy atom. The van der Waals surface area contributed by atoms with E-state index in [2.05, 4.69) is 33.8 Å². The first kappa shape index (κ1) is 25.9. The van der Waals surface area contributed by atoms with Crippen molar-refractivity contribution in [3.63, 3.8) is 0 Å². The van der Waals surface area contributed by atoms with Gasteiger partial charge in [0.05, 0.1) is 10.6 Å². The van der Waals surface area contributed by atoms with Gasteiger partial charge in [-0.25, -0.2) is 12.7 Å². The molecular weight excluding hydrogens is 522 g/mol. The lowest BCUT2D eigenvalue weighted by atomic mass is 9.75. The lowest BCUT2D eigenvalue weighted by Gasteiger charge is -2.41. The van der Waals surface area contributed by atoms with Crippen LogP contribution in [-0.4, -0.2) is 8.42 Å². The Bertz CT molecular complexity index is 1700. The first-order valence-corrected chi connectivity index (χ1v) is 15.1. The number of allylic oxidation sites excluding steroid dienone is 1. The van der Waals surface area contributed by atoms with Crippen LogP contribution in [0.4, 0.5) is 5.69 Å². The number of nitrogens with zero attached hydrogens (tertiary/aromatic N) is 1. The average molecular weight is 554 g/mol. The maximum absolute atomic E-state index is 14.9. The Morgan fingerprint density at radius 1 is 0.667 bits per heavy atom. The number of fused-ring (bicyclic) bond motifs is 1. The smallest absolute Gasteiger partial charge is 0.246 e. The van der Waals surface area contributed by atoms with E-state index in [4.69, 9.17) is 11.6 Å². The predicted molar refractivity (Wildman–Crippen MR) is 160 cm³/mol. The van der Waals surface area contributed by atoms with Gasteiger partial charge in [-0.2, -0.15) is 0 Å². The van der Waals surface area contributed by atoms with Gasteiger partial charge < -0.3 is 0 Å².